The van der Waals surface area contributed by atoms with Gasteiger partial charge in [-0.05, 0) is 55.7 Å². The van der Waals surface area contributed by atoms with Crippen molar-refractivity contribution in [2.24, 2.45) is 5.41 Å². The van der Waals surface area contributed by atoms with Crippen LogP contribution in [0.1, 0.15) is 67.3 Å². The fourth-order valence-corrected chi connectivity index (χ4v) is 4.54. The first-order valence-corrected chi connectivity index (χ1v) is 10.2. The first-order valence-electron chi connectivity index (χ1n) is 10.2. The molecule has 1 saturated heterocycles. The van der Waals surface area contributed by atoms with E-state index in [0.717, 1.165) is 12.8 Å². The molecule has 0 bridgehead atoms. The molecule has 1 spiro atoms. The minimum atomic E-state index is -1.01. The highest BCUT2D eigenvalue weighted by molar-refractivity contribution is 5.97. The molecule has 154 valence electrons. The minimum absolute atomic E-state index is 0.0412. The number of nitrogens with zero attached hydrogens (tertiary/aromatic N) is 2. The smallest absolute Gasteiger partial charge is 0.303 e. The lowest BCUT2D eigenvalue weighted by molar-refractivity contribution is -0.138. The number of rotatable bonds is 6. The predicted molar refractivity (Wildman–Crippen MR) is 106 cm³/mol. The van der Waals surface area contributed by atoms with Crippen molar-refractivity contribution in [3.05, 3.63) is 35.4 Å². The van der Waals surface area contributed by atoms with Gasteiger partial charge in [0.2, 0.25) is 5.91 Å². The lowest BCUT2D eigenvalue weighted by Crippen LogP contribution is -2.52. The van der Waals surface area contributed by atoms with Crippen molar-refractivity contribution in [1.82, 2.24) is 10.2 Å². The Morgan fingerprint density at radius 3 is 2.48 bits per heavy atom. The van der Waals surface area contributed by atoms with E-state index in [4.69, 9.17) is 10.4 Å². The molecule has 0 aromatic heterocycles. The zero-order valence-electron chi connectivity index (χ0n) is 16.5. The Labute approximate surface area is 170 Å². The second-order valence-corrected chi connectivity index (χ2v) is 8.18. The molecule has 1 saturated carbocycles. The number of likely N-dealkylation sites (tertiary alicyclic amines) is 1. The van der Waals surface area contributed by atoms with Crippen LogP contribution in [-0.2, 0) is 9.59 Å². The maximum Gasteiger partial charge on any atom is 0.303 e. The number of piperidine rings is 1. The summed E-state index contributed by atoms with van der Waals surface area (Å²) >= 11 is 0. The van der Waals surface area contributed by atoms with Crippen molar-refractivity contribution < 1.29 is 19.5 Å². The van der Waals surface area contributed by atoms with E-state index in [-0.39, 0.29) is 24.3 Å². The Bertz CT molecular complexity index is 814. The van der Waals surface area contributed by atoms with Gasteiger partial charge in [-0.2, -0.15) is 5.26 Å². The molecule has 7 heteroatoms. The lowest BCUT2D eigenvalue weighted by atomic mass is 9.77. The largest absolute Gasteiger partial charge is 0.481 e. The maximum atomic E-state index is 13.1. The van der Waals surface area contributed by atoms with Crippen LogP contribution in [0.25, 0.3) is 0 Å². The molecule has 0 unspecified atom stereocenters. The molecular formula is C22H27N3O4. The third-order valence-corrected chi connectivity index (χ3v) is 6.30. The molecule has 1 atom stereocenters. The normalized spacial score (nSPS) is 18.8. The third kappa shape index (κ3) is 5.14. The quantitative estimate of drug-likeness (QED) is 0.767. The number of carbonyl (C=O) groups excluding carboxylic acids is 2. The molecule has 2 aliphatic rings. The molecule has 0 radical (unpaired) electrons. The van der Waals surface area contributed by atoms with Crippen LogP contribution in [0.15, 0.2) is 24.3 Å². The number of hydrogen-bond acceptors (Lipinski definition) is 4. The summed E-state index contributed by atoms with van der Waals surface area (Å²) in [5.74, 6) is -1.70. The number of nitriles is 1. The third-order valence-electron chi connectivity index (χ3n) is 6.30. The van der Waals surface area contributed by atoms with E-state index in [2.05, 4.69) is 5.32 Å². The lowest BCUT2D eigenvalue weighted by Gasteiger charge is -2.40. The van der Waals surface area contributed by atoms with Crippen molar-refractivity contribution in [2.75, 3.05) is 13.1 Å². The van der Waals surface area contributed by atoms with Gasteiger partial charge >= 0.3 is 5.97 Å². The number of benzene rings is 1. The number of carboxylic acids is 1. The van der Waals surface area contributed by atoms with Gasteiger partial charge in [0, 0.05) is 25.1 Å². The summed E-state index contributed by atoms with van der Waals surface area (Å²) in [5, 5.41) is 20.7. The number of hydrogen-bond donors (Lipinski definition) is 2. The predicted octanol–water partition coefficient (Wildman–Crippen LogP) is 2.70. The first-order chi connectivity index (χ1) is 13.9. The molecule has 1 aromatic carbocycles. The van der Waals surface area contributed by atoms with Gasteiger partial charge in [0.05, 0.1) is 11.6 Å². The van der Waals surface area contributed by atoms with E-state index in [0.29, 0.717) is 24.1 Å². The van der Waals surface area contributed by atoms with Crippen LogP contribution in [0, 0.1) is 16.7 Å². The molecule has 3 rings (SSSR count). The number of aliphatic carboxylic acids is 1. The van der Waals surface area contributed by atoms with Crippen LogP contribution in [0.3, 0.4) is 0 Å². The second kappa shape index (κ2) is 9.08. The van der Waals surface area contributed by atoms with E-state index >= 15 is 0 Å². The maximum absolute atomic E-state index is 13.1. The van der Waals surface area contributed by atoms with E-state index < -0.39 is 17.9 Å². The molecular weight excluding hydrogens is 370 g/mol. The average molecular weight is 397 g/mol. The summed E-state index contributed by atoms with van der Waals surface area (Å²) in [6, 6.07) is 7.32. The van der Waals surface area contributed by atoms with Gasteiger partial charge in [-0.1, -0.05) is 18.9 Å². The topological polar surface area (TPSA) is 111 Å². The molecule has 1 aromatic rings. The molecule has 1 aliphatic heterocycles. The summed E-state index contributed by atoms with van der Waals surface area (Å²) in [7, 11) is 0. The van der Waals surface area contributed by atoms with Crippen molar-refractivity contribution in [3.63, 3.8) is 0 Å². The van der Waals surface area contributed by atoms with E-state index in [1.54, 1.807) is 23.1 Å². The van der Waals surface area contributed by atoms with Gasteiger partial charge < -0.3 is 15.3 Å². The second-order valence-electron chi connectivity index (χ2n) is 8.18. The monoisotopic (exact) mass is 397 g/mol. The summed E-state index contributed by atoms with van der Waals surface area (Å²) in [6.45, 7) is 1.31. The number of amides is 2. The van der Waals surface area contributed by atoms with Crippen molar-refractivity contribution >= 4 is 17.8 Å². The van der Waals surface area contributed by atoms with Crippen LogP contribution in [0.5, 0.6) is 0 Å². The van der Waals surface area contributed by atoms with Gasteiger partial charge in [-0.25, -0.2) is 0 Å². The standard InChI is InChI=1S/C22H27N3O4/c23-15-16-4-3-5-17(14-16)20(28)24-18(6-7-19(26)27)21(29)25-12-10-22(11-13-25)8-1-2-9-22/h3-5,14,18H,1-2,6-13H2,(H,24,28)(H,26,27)/t18-/m1/s1. The fourth-order valence-electron chi connectivity index (χ4n) is 4.54. The number of carbonyl (C=O) groups is 3. The summed E-state index contributed by atoms with van der Waals surface area (Å²) < 4.78 is 0. The molecule has 1 aliphatic carbocycles. The van der Waals surface area contributed by atoms with Crippen LogP contribution < -0.4 is 5.32 Å². The zero-order chi connectivity index (χ0) is 20.9. The summed E-state index contributed by atoms with van der Waals surface area (Å²) in [4.78, 5) is 38.5. The minimum Gasteiger partial charge on any atom is -0.481 e. The molecule has 2 fully saturated rings. The van der Waals surface area contributed by atoms with Crippen LogP contribution >= 0.6 is 0 Å². The van der Waals surface area contributed by atoms with Crippen molar-refractivity contribution in [2.45, 2.75) is 57.4 Å². The van der Waals surface area contributed by atoms with Gasteiger partial charge in [-0.3, -0.25) is 14.4 Å². The van der Waals surface area contributed by atoms with E-state index in [9.17, 15) is 14.4 Å². The Hall–Kier alpha value is -2.88. The summed E-state index contributed by atoms with van der Waals surface area (Å²) in [6.07, 6.45) is 6.75. The molecule has 2 N–H and O–H groups in total. The Morgan fingerprint density at radius 2 is 1.86 bits per heavy atom. The van der Waals surface area contributed by atoms with E-state index in [1.807, 2.05) is 6.07 Å². The van der Waals surface area contributed by atoms with Crippen LogP contribution in [0.4, 0.5) is 0 Å². The first kappa shape index (κ1) is 20.8. The fraction of sp³-hybridized carbons (Fsp3) is 0.545. The van der Waals surface area contributed by atoms with E-state index in [1.165, 1.54) is 31.7 Å². The number of nitrogens with one attached hydrogen (secondary N) is 1. The Balaban J connectivity index is 1.67. The van der Waals surface area contributed by atoms with Crippen LogP contribution in [0.2, 0.25) is 0 Å². The molecule has 1 heterocycles. The van der Waals surface area contributed by atoms with Gasteiger partial charge in [0.15, 0.2) is 0 Å². The Morgan fingerprint density at radius 1 is 1.17 bits per heavy atom. The van der Waals surface area contributed by atoms with Gasteiger partial charge in [0.25, 0.3) is 5.91 Å². The average Bonchev–Trinajstić information content (AvgIpc) is 3.18. The van der Waals surface area contributed by atoms with Gasteiger partial charge in [-0.15, -0.1) is 0 Å². The highest BCUT2D eigenvalue weighted by atomic mass is 16.4. The van der Waals surface area contributed by atoms with Crippen molar-refractivity contribution in [3.8, 4) is 6.07 Å². The van der Waals surface area contributed by atoms with Crippen LogP contribution in [-0.4, -0.2) is 46.9 Å². The van der Waals surface area contributed by atoms with Gasteiger partial charge in [0.1, 0.15) is 6.04 Å². The highest BCUT2D eigenvalue weighted by Gasteiger charge is 2.39. The molecule has 29 heavy (non-hydrogen) atoms. The number of carboxylic acid groups (broad SMARTS) is 1. The molecule has 2 amide bonds. The summed E-state index contributed by atoms with van der Waals surface area (Å²) in [5.41, 5.74) is 0.999. The van der Waals surface area contributed by atoms with Crippen molar-refractivity contribution in [1.29, 1.82) is 5.26 Å². The SMILES string of the molecule is N#Cc1cccc(C(=O)N[C@H](CCC(=O)O)C(=O)N2CCC3(CCCC3)CC2)c1. The Kier molecular flexibility index (Phi) is 6.53. The molecule has 7 nitrogen and oxygen atoms in total. The zero-order valence-corrected chi connectivity index (χ0v) is 16.5. The highest BCUT2D eigenvalue weighted by Crippen LogP contribution is 2.46.